The molecule has 0 spiro atoms. The lowest BCUT2D eigenvalue weighted by atomic mass is 9.92. The smallest absolute Gasteiger partial charge is 0.326 e. The van der Waals surface area contributed by atoms with Crippen molar-refractivity contribution < 1.29 is 14.3 Å². The topological polar surface area (TPSA) is 47.6 Å². The summed E-state index contributed by atoms with van der Waals surface area (Å²) in [5.41, 5.74) is 0.259. The van der Waals surface area contributed by atoms with Gasteiger partial charge in [-0.25, -0.2) is 0 Å². The zero-order valence-electron chi connectivity index (χ0n) is 12.9. The van der Waals surface area contributed by atoms with Crippen LogP contribution in [0.1, 0.15) is 32.8 Å². The highest BCUT2D eigenvalue weighted by atomic mass is 16.5. The third-order valence-electron chi connectivity index (χ3n) is 3.23. The molecule has 1 aromatic carbocycles. The summed E-state index contributed by atoms with van der Waals surface area (Å²) in [7, 11) is 1.64. The number of hydrogen-bond donors (Lipinski definition) is 1. The summed E-state index contributed by atoms with van der Waals surface area (Å²) in [5, 5.41) is 3.30. The molecule has 0 aromatic heterocycles. The molecule has 112 valence electrons. The average Bonchev–Trinajstić information content (AvgIpc) is 2.46. The maximum atomic E-state index is 12.2. The second-order valence-corrected chi connectivity index (χ2v) is 4.97. The second-order valence-electron chi connectivity index (χ2n) is 4.97. The van der Waals surface area contributed by atoms with Gasteiger partial charge in [-0.15, -0.1) is 0 Å². The quantitative estimate of drug-likeness (QED) is 0.743. The molecule has 0 fully saturated rings. The maximum Gasteiger partial charge on any atom is 0.326 e. The van der Waals surface area contributed by atoms with Crippen LogP contribution in [0.25, 0.3) is 0 Å². The van der Waals surface area contributed by atoms with Crippen molar-refractivity contribution in [3.8, 4) is 5.75 Å². The number of ether oxygens (including phenoxy) is 2. The number of rotatable bonds is 8. The van der Waals surface area contributed by atoms with E-state index in [1.807, 2.05) is 38.1 Å². The molecule has 1 unspecified atom stereocenters. The predicted molar refractivity (Wildman–Crippen MR) is 80.0 cm³/mol. The van der Waals surface area contributed by atoms with E-state index in [0.717, 1.165) is 24.3 Å². The van der Waals surface area contributed by atoms with Gasteiger partial charge >= 0.3 is 5.97 Å². The molecule has 0 saturated heterocycles. The van der Waals surface area contributed by atoms with Crippen molar-refractivity contribution in [1.29, 1.82) is 0 Å². The Morgan fingerprint density at radius 3 is 2.60 bits per heavy atom. The lowest BCUT2D eigenvalue weighted by molar-refractivity contribution is -0.150. The van der Waals surface area contributed by atoms with E-state index >= 15 is 0 Å². The number of hydrogen-bond acceptors (Lipinski definition) is 4. The molecule has 0 radical (unpaired) electrons. The van der Waals surface area contributed by atoms with Crippen molar-refractivity contribution >= 4 is 5.97 Å². The van der Waals surface area contributed by atoms with Crippen LogP contribution in [0.15, 0.2) is 24.3 Å². The summed E-state index contributed by atoms with van der Waals surface area (Å²) >= 11 is 0. The Bertz CT molecular complexity index is 433. The fraction of sp³-hybridized carbons (Fsp3) is 0.562. The van der Waals surface area contributed by atoms with Crippen LogP contribution in [0, 0.1) is 0 Å². The van der Waals surface area contributed by atoms with Crippen LogP contribution >= 0.6 is 0 Å². The van der Waals surface area contributed by atoms with Crippen molar-refractivity contribution in [1.82, 2.24) is 5.32 Å². The number of carbonyl (C=O) groups is 1. The zero-order valence-corrected chi connectivity index (χ0v) is 12.9. The van der Waals surface area contributed by atoms with E-state index in [0.29, 0.717) is 13.0 Å². The van der Waals surface area contributed by atoms with Gasteiger partial charge in [-0.05, 0) is 38.4 Å². The van der Waals surface area contributed by atoms with Gasteiger partial charge in [0.2, 0.25) is 0 Å². The van der Waals surface area contributed by atoms with Gasteiger partial charge in [0.1, 0.15) is 11.3 Å². The van der Waals surface area contributed by atoms with Crippen molar-refractivity contribution in [3.63, 3.8) is 0 Å². The lowest BCUT2D eigenvalue weighted by Crippen LogP contribution is -2.52. The molecule has 1 aromatic rings. The molecule has 0 bridgehead atoms. The fourth-order valence-electron chi connectivity index (χ4n) is 2.13. The van der Waals surface area contributed by atoms with Gasteiger partial charge in [0, 0.05) is 6.42 Å². The lowest BCUT2D eigenvalue weighted by Gasteiger charge is -2.29. The molecule has 0 amide bonds. The SMILES string of the molecule is CCCNC(C)(Cc1ccccc1OC)C(=O)OCC. The van der Waals surface area contributed by atoms with Crippen LogP contribution in [0.5, 0.6) is 5.75 Å². The van der Waals surface area contributed by atoms with Crippen LogP contribution in [-0.4, -0.2) is 31.8 Å². The van der Waals surface area contributed by atoms with Crippen molar-refractivity contribution in [3.05, 3.63) is 29.8 Å². The Morgan fingerprint density at radius 1 is 1.30 bits per heavy atom. The van der Waals surface area contributed by atoms with Crippen LogP contribution in [0.4, 0.5) is 0 Å². The van der Waals surface area contributed by atoms with E-state index in [1.54, 1.807) is 7.11 Å². The monoisotopic (exact) mass is 279 g/mol. The van der Waals surface area contributed by atoms with Gasteiger partial charge in [0.25, 0.3) is 0 Å². The summed E-state index contributed by atoms with van der Waals surface area (Å²) < 4.78 is 10.6. The maximum absolute atomic E-state index is 12.2. The number of methoxy groups -OCH3 is 1. The number of nitrogens with one attached hydrogen (secondary N) is 1. The number of para-hydroxylation sites is 1. The molecular formula is C16H25NO3. The summed E-state index contributed by atoms with van der Waals surface area (Å²) in [6, 6.07) is 7.75. The van der Waals surface area contributed by atoms with E-state index < -0.39 is 5.54 Å². The number of esters is 1. The first-order valence-corrected chi connectivity index (χ1v) is 7.11. The van der Waals surface area contributed by atoms with E-state index in [9.17, 15) is 4.79 Å². The predicted octanol–water partition coefficient (Wildman–Crippen LogP) is 2.56. The largest absolute Gasteiger partial charge is 0.496 e. The number of benzene rings is 1. The Morgan fingerprint density at radius 2 is 2.00 bits per heavy atom. The highest BCUT2D eigenvalue weighted by Gasteiger charge is 2.35. The van der Waals surface area contributed by atoms with Crippen molar-refractivity contribution in [2.24, 2.45) is 0 Å². The Balaban J connectivity index is 2.96. The summed E-state index contributed by atoms with van der Waals surface area (Å²) in [6.45, 7) is 6.93. The Labute approximate surface area is 121 Å². The van der Waals surface area contributed by atoms with Gasteiger partial charge in [-0.2, -0.15) is 0 Å². The van der Waals surface area contributed by atoms with Crippen LogP contribution in [0.3, 0.4) is 0 Å². The van der Waals surface area contributed by atoms with Crippen molar-refractivity contribution in [2.45, 2.75) is 39.2 Å². The summed E-state index contributed by atoms with van der Waals surface area (Å²) in [5.74, 6) is 0.570. The van der Waals surface area contributed by atoms with Gasteiger partial charge in [-0.1, -0.05) is 25.1 Å². The minimum atomic E-state index is -0.735. The standard InChI is InChI=1S/C16H25NO3/c1-5-11-17-16(3,15(18)20-6-2)12-13-9-7-8-10-14(13)19-4/h7-10,17H,5-6,11-12H2,1-4H3. The van der Waals surface area contributed by atoms with Crippen LogP contribution < -0.4 is 10.1 Å². The molecule has 20 heavy (non-hydrogen) atoms. The van der Waals surface area contributed by atoms with Crippen LogP contribution in [0.2, 0.25) is 0 Å². The van der Waals surface area contributed by atoms with E-state index in [4.69, 9.17) is 9.47 Å². The first-order valence-electron chi connectivity index (χ1n) is 7.11. The van der Waals surface area contributed by atoms with E-state index in [1.165, 1.54) is 0 Å². The molecule has 4 nitrogen and oxygen atoms in total. The first kappa shape index (κ1) is 16.5. The van der Waals surface area contributed by atoms with Crippen molar-refractivity contribution in [2.75, 3.05) is 20.3 Å². The number of carbonyl (C=O) groups excluding carboxylic acids is 1. The first-order chi connectivity index (χ1) is 9.57. The van der Waals surface area contributed by atoms with Gasteiger partial charge < -0.3 is 14.8 Å². The molecule has 0 saturated carbocycles. The molecule has 4 heteroatoms. The second kappa shape index (κ2) is 7.90. The van der Waals surface area contributed by atoms with Gasteiger partial charge in [0.15, 0.2) is 0 Å². The third kappa shape index (κ3) is 4.23. The van der Waals surface area contributed by atoms with E-state index in [2.05, 4.69) is 12.2 Å². The zero-order chi connectivity index (χ0) is 15.0. The minimum absolute atomic E-state index is 0.223. The van der Waals surface area contributed by atoms with Gasteiger partial charge in [0.05, 0.1) is 13.7 Å². The highest BCUT2D eigenvalue weighted by Crippen LogP contribution is 2.23. The molecule has 1 N–H and O–H groups in total. The molecular weight excluding hydrogens is 254 g/mol. The highest BCUT2D eigenvalue weighted by molar-refractivity contribution is 5.81. The van der Waals surface area contributed by atoms with E-state index in [-0.39, 0.29) is 5.97 Å². The molecule has 1 rings (SSSR count). The molecule has 0 aliphatic rings. The minimum Gasteiger partial charge on any atom is -0.496 e. The molecule has 0 aliphatic carbocycles. The van der Waals surface area contributed by atoms with Gasteiger partial charge in [-0.3, -0.25) is 4.79 Å². The summed E-state index contributed by atoms with van der Waals surface area (Å²) in [4.78, 5) is 12.2. The van der Waals surface area contributed by atoms with Crippen LogP contribution in [-0.2, 0) is 16.0 Å². The molecule has 0 heterocycles. The fourth-order valence-corrected chi connectivity index (χ4v) is 2.13. The Kier molecular flexibility index (Phi) is 6.52. The average molecular weight is 279 g/mol. The third-order valence-corrected chi connectivity index (χ3v) is 3.23. The Hall–Kier alpha value is -1.55. The summed E-state index contributed by atoms with van der Waals surface area (Å²) in [6.07, 6.45) is 1.50. The molecule has 1 atom stereocenters. The molecule has 0 aliphatic heterocycles. The normalized spacial score (nSPS) is 13.6.